The number of hydrogen-bond donors (Lipinski definition) is 0. The minimum Gasteiger partial charge on any atom is -0.270 e. The van der Waals surface area contributed by atoms with Gasteiger partial charge in [-0.25, -0.2) is 0 Å². The summed E-state index contributed by atoms with van der Waals surface area (Å²) in [5.41, 5.74) is 3.09. The number of rotatable bonds is 2. The second-order valence-electron chi connectivity index (χ2n) is 3.70. The second-order valence-corrected chi connectivity index (χ2v) is 3.92. The number of nitrogens with zero attached hydrogens (tertiary/aromatic N) is 1. The van der Waals surface area contributed by atoms with Crippen molar-refractivity contribution in [2.75, 3.05) is 6.54 Å². The van der Waals surface area contributed by atoms with Gasteiger partial charge in [0.15, 0.2) is 0 Å². The van der Waals surface area contributed by atoms with Crippen LogP contribution in [0.4, 0.5) is 0 Å². The first-order valence-electron chi connectivity index (χ1n) is 4.86. The van der Waals surface area contributed by atoms with E-state index in [2.05, 4.69) is 0 Å². The number of carbonyl (C=O) groups excluding carboxylic acids is 2. The predicted molar refractivity (Wildman–Crippen MR) is 61.4 cm³/mol. The van der Waals surface area contributed by atoms with E-state index in [1.165, 1.54) is 10.4 Å². The summed E-state index contributed by atoms with van der Waals surface area (Å²) in [6.45, 7) is 2.02. The molecule has 0 bridgehead atoms. The molecule has 0 fully saturated rings. The second kappa shape index (κ2) is 4.10. The van der Waals surface area contributed by atoms with E-state index in [9.17, 15) is 9.59 Å². The molecule has 0 aliphatic carbocycles. The zero-order chi connectivity index (χ0) is 11.7. The Balaban J connectivity index is 2.35. The fraction of sp³-hybridized carbons (Fsp3) is 0.167. The molecule has 82 valence electrons. The van der Waals surface area contributed by atoms with Crippen LogP contribution < -0.4 is 0 Å². The third kappa shape index (κ3) is 1.63. The van der Waals surface area contributed by atoms with Crippen LogP contribution in [0.15, 0.2) is 35.4 Å². The number of fused-ring (bicyclic) bond motifs is 1. The molecular formula is C12H10ClNO2. The Morgan fingerprint density at radius 3 is 2.19 bits per heavy atom. The number of imide groups is 1. The predicted octanol–water partition coefficient (Wildman–Crippen LogP) is 2.43. The van der Waals surface area contributed by atoms with E-state index >= 15 is 0 Å². The molecule has 1 heterocycles. The SMILES string of the molecule is C/C(=C\Cl)CN1C(=O)c2ccccc2C1=O. The van der Waals surface area contributed by atoms with Gasteiger partial charge in [-0.2, -0.15) is 0 Å². The fourth-order valence-corrected chi connectivity index (χ4v) is 1.74. The van der Waals surface area contributed by atoms with Crippen LogP contribution in [-0.2, 0) is 0 Å². The van der Waals surface area contributed by atoms with Gasteiger partial charge in [-0.05, 0) is 24.6 Å². The maximum atomic E-state index is 11.9. The lowest BCUT2D eigenvalue weighted by Crippen LogP contribution is -2.31. The van der Waals surface area contributed by atoms with Crippen LogP contribution in [0, 0.1) is 0 Å². The summed E-state index contributed by atoms with van der Waals surface area (Å²) in [5.74, 6) is -0.503. The Kier molecular flexibility index (Phi) is 2.79. The van der Waals surface area contributed by atoms with E-state index in [0.717, 1.165) is 5.57 Å². The van der Waals surface area contributed by atoms with E-state index in [1.54, 1.807) is 31.2 Å². The lowest BCUT2D eigenvalue weighted by molar-refractivity contribution is 0.0668. The summed E-state index contributed by atoms with van der Waals surface area (Å²) < 4.78 is 0. The van der Waals surface area contributed by atoms with Gasteiger partial charge >= 0.3 is 0 Å². The van der Waals surface area contributed by atoms with Gasteiger partial charge in [0.1, 0.15) is 0 Å². The zero-order valence-corrected chi connectivity index (χ0v) is 9.49. The van der Waals surface area contributed by atoms with Gasteiger partial charge in [0.2, 0.25) is 0 Å². The van der Waals surface area contributed by atoms with E-state index in [-0.39, 0.29) is 18.4 Å². The highest BCUT2D eigenvalue weighted by Crippen LogP contribution is 2.23. The minimum atomic E-state index is -0.251. The molecule has 0 saturated heterocycles. The highest BCUT2D eigenvalue weighted by Gasteiger charge is 2.34. The molecule has 0 spiro atoms. The average Bonchev–Trinajstić information content (AvgIpc) is 2.55. The Bertz CT molecular complexity index is 459. The van der Waals surface area contributed by atoms with Crippen LogP contribution in [0.5, 0.6) is 0 Å². The summed E-state index contributed by atoms with van der Waals surface area (Å²) in [5, 5.41) is 0. The molecule has 0 aromatic heterocycles. The third-order valence-corrected chi connectivity index (χ3v) is 2.84. The van der Waals surface area contributed by atoms with Gasteiger partial charge < -0.3 is 0 Å². The smallest absolute Gasteiger partial charge is 0.261 e. The van der Waals surface area contributed by atoms with Crippen molar-refractivity contribution in [1.82, 2.24) is 4.90 Å². The van der Waals surface area contributed by atoms with Crippen LogP contribution >= 0.6 is 11.6 Å². The molecule has 2 rings (SSSR count). The van der Waals surface area contributed by atoms with Crippen molar-refractivity contribution >= 4 is 23.4 Å². The fourth-order valence-electron chi connectivity index (χ4n) is 1.67. The van der Waals surface area contributed by atoms with Crippen molar-refractivity contribution in [3.63, 3.8) is 0 Å². The topological polar surface area (TPSA) is 37.4 Å². The first-order chi connectivity index (χ1) is 7.65. The maximum Gasteiger partial charge on any atom is 0.261 e. The van der Waals surface area contributed by atoms with Crippen LogP contribution in [0.25, 0.3) is 0 Å². The first kappa shape index (κ1) is 10.9. The van der Waals surface area contributed by atoms with Crippen LogP contribution in [0.1, 0.15) is 27.6 Å². The molecule has 1 aliphatic rings. The molecule has 4 heteroatoms. The molecule has 2 amide bonds. The van der Waals surface area contributed by atoms with Gasteiger partial charge in [-0.1, -0.05) is 23.7 Å². The molecule has 0 saturated carbocycles. The van der Waals surface area contributed by atoms with Crippen molar-refractivity contribution < 1.29 is 9.59 Å². The third-order valence-electron chi connectivity index (χ3n) is 2.47. The Morgan fingerprint density at radius 2 is 1.75 bits per heavy atom. The number of carbonyl (C=O) groups is 2. The molecule has 0 radical (unpaired) electrons. The van der Waals surface area contributed by atoms with Crippen molar-refractivity contribution in [2.45, 2.75) is 6.92 Å². The van der Waals surface area contributed by atoms with Crippen molar-refractivity contribution in [3.05, 3.63) is 46.5 Å². The molecule has 0 N–H and O–H groups in total. The Morgan fingerprint density at radius 1 is 1.25 bits per heavy atom. The standard InChI is InChI=1S/C12H10ClNO2/c1-8(6-13)7-14-11(15)9-4-2-3-5-10(9)12(14)16/h2-6H,7H2,1H3/b8-6+. The van der Waals surface area contributed by atoms with Crippen molar-refractivity contribution in [1.29, 1.82) is 0 Å². The summed E-state index contributed by atoms with van der Waals surface area (Å²) >= 11 is 5.53. The molecule has 0 atom stereocenters. The maximum absolute atomic E-state index is 11.9. The van der Waals surface area contributed by atoms with Gasteiger partial charge in [0, 0.05) is 5.54 Å². The zero-order valence-electron chi connectivity index (χ0n) is 8.74. The molecule has 3 nitrogen and oxygen atoms in total. The quantitative estimate of drug-likeness (QED) is 0.739. The van der Waals surface area contributed by atoms with Gasteiger partial charge in [0.05, 0.1) is 17.7 Å². The summed E-state index contributed by atoms with van der Waals surface area (Å²) in [4.78, 5) is 25.0. The lowest BCUT2D eigenvalue weighted by Gasteiger charge is -2.13. The number of benzene rings is 1. The highest BCUT2D eigenvalue weighted by atomic mass is 35.5. The average molecular weight is 236 g/mol. The van der Waals surface area contributed by atoms with Crippen LogP contribution in [-0.4, -0.2) is 23.3 Å². The van der Waals surface area contributed by atoms with E-state index < -0.39 is 0 Å². The normalized spacial score (nSPS) is 15.6. The molecular weight excluding hydrogens is 226 g/mol. The number of halogens is 1. The Labute approximate surface area is 98.3 Å². The van der Waals surface area contributed by atoms with Gasteiger partial charge in [-0.15, -0.1) is 0 Å². The lowest BCUT2D eigenvalue weighted by atomic mass is 10.1. The summed E-state index contributed by atoms with van der Waals surface area (Å²) in [6, 6.07) is 6.82. The van der Waals surface area contributed by atoms with Gasteiger partial charge in [0.25, 0.3) is 11.8 Å². The van der Waals surface area contributed by atoms with E-state index in [1.807, 2.05) is 0 Å². The van der Waals surface area contributed by atoms with E-state index in [0.29, 0.717) is 11.1 Å². The highest BCUT2D eigenvalue weighted by molar-refractivity contribution is 6.26. The minimum absolute atomic E-state index is 0.246. The monoisotopic (exact) mass is 235 g/mol. The molecule has 1 aromatic rings. The number of amides is 2. The number of hydrogen-bond acceptors (Lipinski definition) is 2. The molecule has 0 unspecified atom stereocenters. The van der Waals surface area contributed by atoms with Crippen molar-refractivity contribution in [3.8, 4) is 0 Å². The van der Waals surface area contributed by atoms with Gasteiger partial charge in [-0.3, -0.25) is 14.5 Å². The summed E-state index contributed by atoms with van der Waals surface area (Å²) in [6.07, 6.45) is 0. The molecule has 1 aliphatic heterocycles. The van der Waals surface area contributed by atoms with Crippen LogP contribution in [0.2, 0.25) is 0 Å². The Hall–Kier alpha value is -1.61. The molecule has 16 heavy (non-hydrogen) atoms. The van der Waals surface area contributed by atoms with Crippen LogP contribution in [0.3, 0.4) is 0 Å². The van der Waals surface area contributed by atoms with Crippen molar-refractivity contribution in [2.24, 2.45) is 0 Å². The first-order valence-corrected chi connectivity index (χ1v) is 5.30. The summed E-state index contributed by atoms with van der Waals surface area (Å²) in [7, 11) is 0. The van der Waals surface area contributed by atoms with E-state index in [4.69, 9.17) is 11.6 Å². The largest absolute Gasteiger partial charge is 0.270 e. The molecule has 1 aromatic carbocycles.